The van der Waals surface area contributed by atoms with Crippen molar-refractivity contribution in [3.63, 3.8) is 0 Å². The van der Waals surface area contributed by atoms with Gasteiger partial charge in [0, 0.05) is 6.20 Å². The summed E-state index contributed by atoms with van der Waals surface area (Å²) in [7, 11) is 0. The molecule has 4 heteroatoms. The van der Waals surface area contributed by atoms with Crippen LogP contribution >= 0.6 is 0 Å². The lowest BCUT2D eigenvalue weighted by atomic mass is 10.2. The minimum absolute atomic E-state index is 0.0353. The van der Waals surface area contributed by atoms with Crippen molar-refractivity contribution in [3.8, 4) is 0 Å². The second kappa shape index (κ2) is 5.23. The number of carbonyl (C=O) groups excluding carboxylic acids is 1. The number of nitrogens with one attached hydrogen (secondary N) is 1. The van der Waals surface area contributed by atoms with Crippen LogP contribution in [-0.2, 0) is 11.3 Å². The van der Waals surface area contributed by atoms with Crippen molar-refractivity contribution in [1.82, 2.24) is 9.97 Å². The van der Waals surface area contributed by atoms with E-state index in [9.17, 15) is 4.79 Å². The van der Waals surface area contributed by atoms with E-state index in [-0.39, 0.29) is 12.4 Å². The van der Waals surface area contributed by atoms with E-state index in [2.05, 4.69) is 16.3 Å². The molecule has 0 atom stereocenters. The monoisotopic (exact) mass is 215 g/mol. The van der Waals surface area contributed by atoms with Crippen LogP contribution in [0.15, 0.2) is 36.5 Å². The third-order valence-electron chi connectivity index (χ3n) is 2.08. The molecule has 1 N–H and O–H groups in total. The minimum atomic E-state index is -0.145. The van der Waals surface area contributed by atoms with Crippen molar-refractivity contribution >= 4 is 5.78 Å². The molecule has 81 valence electrons. The molecule has 1 heterocycles. The van der Waals surface area contributed by atoms with E-state index >= 15 is 0 Å². The average molecular weight is 215 g/mol. The van der Waals surface area contributed by atoms with Crippen molar-refractivity contribution in [2.24, 2.45) is 0 Å². The van der Waals surface area contributed by atoms with E-state index in [1.54, 1.807) is 0 Å². The van der Waals surface area contributed by atoms with Gasteiger partial charge in [-0.2, -0.15) is 0 Å². The molecule has 0 fully saturated rings. The van der Waals surface area contributed by atoms with E-state index in [4.69, 9.17) is 4.74 Å². The van der Waals surface area contributed by atoms with Gasteiger partial charge in [-0.05, 0) is 5.56 Å². The molecule has 0 spiro atoms. The molecule has 2 aromatic rings. The number of hydrogen-bond donors (Lipinski definition) is 1. The molecular formula is C12H11N2O2. The molecule has 1 aromatic heterocycles. The first-order valence-corrected chi connectivity index (χ1v) is 4.92. The second-order valence-electron chi connectivity index (χ2n) is 3.30. The largest absolute Gasteiger partial charge is 0.369 e. The lowest BCUT2D eigenvalue weighted by molar-refractivity contribution is 0.0722. The van der Waals surface area contributed by atoms with Crippen LogP contribution in [0.25, 0.3) is 0 Å². The molecule has 0 bridgehead atoms. The molecule has 0 saturated carbocycles. The molecule has 16 heavy (non-hydrogen) atoms. The van der Waals surface area contributed by atoms with Crippen molar-refractivity contribution < 1.29 is 9.53 Å². The molecule has 0 aliphatic rings. The number of ether oxygens (including phenoxy) is 1. The fraction of sp³-hybridized carbons (Fsp3) is 0.167. The average Bonchev–Trinajstić information content (AvgIpc) is 2.84. The van der Waals surface area contributed by atoms with Gasteiger partial charge in [0.25, 0.3) is 0 Å². The first kappa shape index (κ1) is 10.6. The predicted octanol–water partition coefficient (Wildman–Crippen LogP) is 1.61. The van der Waals surface area contributed by atoms with Crippen LogP contribution < -0.4 is 0 Å². The first-order valence-electron chi connectivity index (χ1n) is 4.92. The summed E-state index contributed by atoms with van der Waals surface area (Å²) in [4.78, 5) is 17.8. The summed E-state index contributed by atoms with van der Waals surface area (Å²) in [6, 6.07) is 9.71. The maximum atomic E-state index is 11.5. The Bertz CT molecular complexity index is 437. The normalized spacial score (nSPS) is 10.2. The van der Waals surface area contributed by atoms with Crippen molar-refractivity contribution in [2.75, 3.05) is 6.61 Å². The van der Waals surface area contributed by atoms with E-state index in [1.165, 1.54) is 6.20 Å². The predicted molar refractivity (Wildman–Crippen MR) is 57.9 cm³/mol. The molecule has 1 radical (unpaired) electrons. The summed E-state index contributed by atoms with van der Waals surface area (Å²) < 4.78 is 5.29. The van der Waals surface area contributed by atoms with Gasteiger partial charge in [0.2, 0.25) is 5.78 Å². The van der Waals surface area contributed by atoms with Gasteiger partial charge < -0.3 is 9.72 Å². The Kier molecular flexibility index (Phi) is 3.46. The van der Waals surface area contributed by atoms with Gasteiger partial charge in [0.1, 0.15) is 12.3 Å². The van der Waals surface area contributed by atoms with Gasteiger partial charge in [-0.25, -0.2) is 4.98 Å². The van der Waals surface area contributed by atoms with E-state index < -0.39 is 0 Å². The highest BCUT2D eigenvalue weighted by Crippen LogP contribution is 2.01. The Labute approximate surface area is 93.3 Å². The van der Waals surface area contributed by atoms with E-state index in [0.717, 1.165) is 5.56 Å². The second-order valence-corrected chi connectivity index (χ2v) is 3.30. The fourth-order valence-corrected chi connectivity index (χ4v) is 1.28. The zero-order valence-electron chi connectivity index (χ0n) is 8.64. The topological polar surface area (TPSA) is 55.0 Å². The Hall–Kier alpha value is -1.94. The van der Waals surface area contributed by atoms with Gasteiger partial charge >= 0.3 is 0 Å². The highest BCUT2D eigenvalue weighted by atomic mass is 16.5. The number of carbonyl (C=O) groups is 1. The van der Waals surface area contributed by atoms with Crippen molar-refractivity contribution in [2.45, 2.75) is 6.61 Å². The fourth-order valence-electron chi connectivity index (χ4n) is 1.28. The zero-order valence-corrected chi connectivity index (χ0v) is 8.64. The van der Waals surface area contributed by atoms with Crippen LogP contribution in [0.5, 0.6) is 0 Å². The molecule has 0 unspecified atom stereocenters. The Morgan fingerprint density at radius 3 is 2.88 bits per heavy atom. The Morgan fingerprint density at radius 2 is 2.19 bits per heavy atom. The standard InChI is InChI=1S/C12H11N2O2/c15-12(11-6-13-9-14-11)8-16-7-10-4-2-1-3-5-10/h1-6H,7-8H2,(H,13,14). The van der Waals surface area contributed by atoms with Crippen LogP contribution in [0, 0.1) is 6.33 Å². The van der Waals surface area contributed by atoms with Crippen molar-refractivity contribution in [3.05, 3.63) is 54.1 Å². The van der Waals surface area contributed by atoms with Gasteiger partial charge in [-0.1, -0.05) is 30.3 Å². The Balaban J connectivity index is 1.79. The van der Waals surface area contributed by atoms with Gasteiger partial charge in [0.15, 0.2) is 6.33 Å². The summed E-state index contributed by atoms with van der Waals surface area (Å²) in [5, 5.41) is 0. The number of nitrogens with zero attached hydrogens (tertiary/aromatic N) is 1. The van der Waals surface area contributed by atoms with Crippen LogP contribution in [0.3, 0.4) is 0 Å². The molecule has 1 aromatic carbocycles. The maximum Gasteiger partial charge on any atom is 0.208 e. The minimum Gasteiger partial charge on any atom is -0.369 e. The molecular weight excluding hydrogens is 204 g/mol. The third kappa shape index (κ3) is 2.77. The van der Waals surface area contributed by atoms with E-state index in [1.807, 2.05) is 30.3 Å². The number of aromatic amines is 1. The number of benzene rings is 1. The molecule has 0 saturated heterocycles. The summed E-state index contributed by atoms with van der Waals surface area (Å²) in [6.45, 7) is 0.467. The van der Waals surface area contributed by atoms with E-state index in [0.29, 0.717) is 12.3 Å². The highest BCUT2D eigenvalue weighted by molar-refractivity contribution is 5.94. The van der Waals surface area contributed by atoms with Crippen LogP contribution in [0.4, 0.5) is 0 Å². The lowest BCUT2D eigenvalue weighted by Crippen LogP contribution is -2.09. The number of ketones is 1. The summed E-state index contributed by atoms with van der Waals surface area (Å²) in [5.41, 5.74) is 1.40. The zero-order chi connectivity index (χ0) is 11.2. The van der Waals surface area contributed by atoms with Crippen molar-refractivity contribution in [1.29, 1.82) is 0 Å². The van der Waals surface area contributed by atoms with Crippen LogP contribution in [0.2, 0.25) is 0 Å². The molecule has 2 rings (SSSR count). The smallest absolute Gasteiger partial charge is 0.208 e. The summed E-state index contributed by atoms with van der Waals surface area (Å²) in [6.07, 6.45) is 3.98. The highest BCUT2D eigenvalue weighted by Gasteiger charge is 2.07. The molecule has 0 amide bonds. The number of hydrogen-bond acceptors (Lipinski definition) is 3. The van der Waals surface area contributed by atoms with Crippen LogP contribution in [0.1, 0.15) is 16.1 Å². The Morgan fingerprint density at radius 1 is 1.38 bits per heavy atom. The van der Waals surface area contributed by atoms with Gasteiger partial charge in [0.05, 0.1) is 6.61 Å². The molecule has 0 aliphatic heterocycles. The third-order valence-corrected chi connectivity index (χ3v) is 2.08. The number of rotatable bonds is 5. The number of imidazole rings is 1. The van der Waals surface area contributed by atoms with Gasteiger partial charge in [-0.15, -0.1) is 0 Å². The molecule has 4 nitrogen and oxygen atoms in total. The lowest BCUT2D eigenvalue weighted by Gasteiger charge is -2.01. The summed E-state index contributed by atoms with van der Waals surface area (Å²) in [5.74, 6) is -0.145. The number of aromatic nitrogens is 2. The maximum absolute atomic E-state index is 11.5. The van der Waals surface area contributed by atoms with Gasteiger partial charge in [-0.3, -0.25) is 4.79 Å². The quantitative estimate of drug-likeness (QED) is 0.771. The molecule has 0 aliphatic carbocycles. The first-order chi connectivity index (χ1) is 7.86. The summed E-state index contributed by atoms with van der Waals surface area (Å²) >= 11 is 0. The van der Waals surface area contributed by atoms with Crippen LogP contribution in [-0.4, -0.2) is 22.4 Å². The number of H-pyrrole nitrogens is 1. The SMILES string of the molecule is O=C(COCc1ccccc1)c1c[nH][c]n1. The number of Topliss-reactive ketones (excluding diaryl/α,β-unsaturated/α-hetero) is 1.